The fourth-order valence-corrected chi connectivity index (χ4v) is 0.164. The quantitative estimate of drug-likeness (QED) is 0.507. The number of esters is 1. The number of halogens is 1. The van der Waals surface area contributed by atoms with Crippen LogP contribution in [0.5, 0.6) is 0 Å². The average molecular weight is 320 g/mol. The Kier molecular flexibility index (Phi) is 10.1. The number of methoxy groups -OCH3 is 1. The van der Waals surface area contributed by atoms with Crippen LogP contribution in [0.25, 0.3) is 0 Å². The molecule has 0 saturated heterocycles. The summed E-state index contributed by atoms with van der Waals surface area (Å²) in [5.74, 6) is -0.451. The molecule has 0 radical (unpaired) electrons. The average Bonchev–Trinajstić information content (AvgIpc) is 1.65. The molecule has 7 heavy (non-hydrogen) atoms. The Hall–Kier alpha value is 0.643. The van der Waals surface area contributed by atoms with Gasteiger partial charge in [0.25, 0.3) is 0 Å². The van der Waals surface area contributed by atoms with Gasteiger partial charge < -0.3 is 4.74 Å². The first kappa shape index (κ1) is 10.6. The molecule has 0 unspecified atom stereocenters. The van der Waals surface area contributed by atoms with E-state index < -0.39 is 5.97 Å². The van der Waals surface area contributed by atoms with Gasteiger partial charge in [-0.2, -0.15) is 0 Å². The Morgan fingerprint density at radius 1 is 1.86 bits per heavy atom. The summed E-state index contributed by atoms with van der Waals surface area (Å²) in [5, 5.41) is 0. The van der Waals surface area contributed by atoms with Crippen LogP contribution in [0.3, 0.4) is 0 Å². The maximum absolute atomic E-state index is 9.83. The number of rotatable bonds is 1. The normalized spacial score (nSPS) is 6.57. The van der Waals surface area contributed by atoms with Crippen LogP contribution in [0.15, 0.2) is 0 Å². The standard InChI is InChI=1S/C3H5ClO2.AtH/c1-6-3(5)2-4;/h2H2,1H3;1H. The van der Waals surface area contributed by atoms with E-state index in [1.807, 2.05) is 0 Å². The summed E-state index contributed by atoms with van der Waals surface area (Å²) in [6.45, 7) is 0. The van der Waals surface area contributed by atoms with E-state index in [0.29, 0.717) is 0 Å². The van der Waals surface area contributed by atoms with E-state index in [0.717, 1.165) is 0 Å². The first-order valence-electron chi connectivity index (χ1n) is 1.44. The van der Waals surface area contributed by atoms with Crippen molar-refractivity contribution in [2.45, 2.75) is 0 Å². The number of hydrogen-bond donors (Lipinski definition) is 0. The monoisotopic (exact) mass is 319 g/mol. The summed E-state index contributed by atoms with van der Waals surface area (Å²) in [6.07, 6.45) is 0. The van der Waals surface area contributed by atoms with Crippen molar-refractivity contribution in [2.24, 2.45) is 0 Å². The molecule has 0 aromatic carbocycles. The van der Waals surface area contributed by atoms with Crippen molar-refractivity contribution in [1.82, 2.24) is 0 Å². The summed E-state index contributed by atoms with van der Waals surface area (Å²) < 4.78 is 4.13. The first-order chi connectivity index (χ1) is 2.81. The van der Waals surface area contributed by atoms with Crippen LogP contribution in [-0.4, -0.2) is 19.0 Å². The van der Waals surface area contributed by atoms with Crippen LogP contribution in [-0.2, 0) is 9.53 Å². The van der Waals surface area contributed by atoms with Crippen LogP contribution in [0.2, 0.25) is 0 Å². The second kappa shape index (κ2) is 6.64. The van der Waals surface area contributed by atoms with Crippen molar-refractivity contribution in [2.75, 3.05) is 13.0 Å². The summed E-state index contributed by atoms with van der Waals surface area (Å²) in [7, 11) is 1.30. The second-order valence-corrected chi connectivity index (χ2v) is 0.977. The molecule has 0 saturated carbocycles. The molecule has 0 aromatic rings. The van der Waals surface area contributed by atoms with Gasteiger partial charge in [0.1, 0.15) is 5.88 Å². The van der Waals surface area contributed by atoms with Gasteiger partial charge in [0, 0.05) is 0 Å². The van der Waals surface area contributed by atoms with Crippen molar-refractivity contribution in [1.29, 1.82) is 0 Å². The fourth-order valence-electron chi connectivity index (χ4n) is 0.0546. The van der Waals surface area contributed by atoms with E-state index in [1.165, 1.54) is 7.11 Å². The van der Waals surface area contributed by atoms with Gasteiger partial charge in [-0.05, 0) is 0 Å². The van der Waals surface area contributed by atoms with Crippen molar-refractivity contribution in [3.63, 3.8) is 0 Å². The van der Waals surface area contributed by atoms with Gasteiger partial charge in [0.2, 0.25) is 0 Å². The maximum atomic E-state index is 9.83. The van der Waals surface area contributed by atoms with Gasteiger partial charge in [-0.25, -0.2) is 0 Å². The van der Waals surface area contributed by atoms with Crippen LogP contribution in [0.4, 0.5) is 0 Å². The molecule has 44 valence electrons. The molecule has 0 N–H and O–H groups in total. The molecule has 0 amide bonds. The predicted octanol–water partition coefficient (Wildman–Crippen LogP) is 0.130. The zero-order chi connectivity index (χ0) is 4.99. The van der Waals surface area contributed by atoms with E-state index in [2.05, 4.69) is 4.74 Å². The zero-order valence-electron chi connectivity index (χ0n) is 3.81. The summed E-state index contributed by atoms with van der Waals surface area (Å²) in [4.78, 5) is 9.83. The molecule has 0 bridgehead atoms. The first-order valence-corrected chi connectivity index (χ1v) is 1.97. The molecule has 0 rings (SSSR count). The van der Waals surface area contributed by atoms with Crippen LogP contribution in [0, 0.1) is 26.2 Å². The molecule has 0 aliphatic carbocycles. The molecule has 0 aromatic heterocycles. The molecule has 0 spiro atoms. The SMILES string of the molecule is COC(=O)CCl.[AtH]. The van der Waals surface area contributed by atoms with Gasteiger partial charge in [0.15, 0.2) is 0 Å². The van der Waals surface area contributed by atoms with Gasteiger partial charge in [-0.1, -0.05) is 0 Å². The van der Waals surface area contributed by atoms with E-state index in [-0.39, 0.29) is 32.1 Å². The summed E-state index contributed by atoms with van der Waals surface area (Å²) in [6, 6.07) is 0. The Morgan fingerprint density at radius 3 is 2.29 bits per heavy atom. The summed E-state index contributed by atoms with van der Waals surface area (Å²) in [5.41, 5.74) is 0. The molecule has 0 atom stereocenters. The zero-order valence-corrected chi connectivity index (χ0v) is 7.74. The van der Waals surface area contributed by atoms with E-state index in [1.54, 1.807) is 0 Å². The van der Waals surface area contributed by atoms with Crippen molar-refractivity contribution >= 4 is 17.6 Å². The minimum absolute atomic E-state index is 0. The van der Waals surface area contributed by atoms with Crippen LogP contribution in [0.1, 0.15) is 0 Å². The number of ether oxygens (including phenoxy) is 1. The molecule has 0 fully saturated rings. The molecule has 0 heterocycles. The van der Waals surface area contributed by atoms with Crippen molar-refractivity contribution in [3.8, 4) is 0 Å². The molecular weight excluding hydrogens is 313 g/mol. The Bertz CT molecular complexity index is 50.9. The van der Waals surface area contributed by atoms with E-state index in [9.17, 15) is 4.79 Å². The third-order valence-corrected chi connectivity index (χ3v) is 0.555. The van der Waals surface area contributed by atoms with Crippen LogP contribution >= 0.6 is 11.6 Å². The van der Waals surface area contributed by atoms with Gasteiger partial charge in [0.05, 0.1) is 7.11 Å². The third-order valence-electron chi connectivity index (χ3n) is 0.337. The molecule has 0 aliphatic heterocycles. The fraction of sp³-hybridized carbons (Fsp3) is 0.667. The topological polar surface area (TPSA) is 26.3 Å². The van der Waals surface area contributed by atoms with Gasteiger partial charge in [-0.15, -0.1) is 11.6 Å². The van der Waals surface area contributed by atoms with Crippen molar-refractivity contribution < 1.29 is 35.7 Å². The van der Waals surface area contributed by atoms with E-state index in [4.69, 9.17) is 11.6 Å². The second-order valence-electron chi connectivity index (χ2n) is 0.710. The summed E-state index contributed by atoms with van der Waals surface area (Å²) >= 11 is 4.98. The Labute approximate surface area is 66.3 Å². The molecular formula is C3H6AtClO2. The Balaban J connectivity index is 0. The molecule has 2 nitrogen and oxygen atoms in total. The predicted molar refractivity (Wildman–Crippen MR) is 24.1 cm³/mol. The number of carbonyl (C=O) groups is 1. The Morgan fingerprint density at radius 2 is 2.29 bits per heavy atom. The van der Waals surface area contributed by atoms with Gasteiger partial charge >= 0.3 is 32.2 Å². The minimum atomic E-state index is -0.392. The van der Waals surface area contributed by atoms with E-state index >= 15 is 0 Å². The third kappa shape index (κ3) is 6.64. The molecule has 0 aliphatic rings. The number of alkyl halides is 1. The van der Waals surface area contributed by atoms with Gasteiger partial charge in [-0.3, -0.25) is 4.79 Å². The number of carbonyl (C=O) groups excluding carboxylic acids is 1. The van der Waals surface area contributed by atoms with Crippen molar-refractivity contribution in [3.05, 3.63) is 0 Å². The number of hydrogen-bond acceptors (Lipinski definition) is 2. The molecule has 4 heteroatoms. The van der Waals surface area contributed by atoms with Crippen LogP contribution < -0.4 is 0 Å².